The summed E-state index contributed by atoms with van der Waals surface area (Å²) in [5.41, 5.74) is 1.68. The van der Waals surface area contributed by atoms with E-state index in [1.165, 1.54) is 15.6 Å². The lowest BCUT2D eigenvalue weighted by atomic mass is 10.2. The van der Waals surface area contributed by atoms with Crippen LogP contribution in [-0.2, 0) is 14.8 Å². The van der Waals surface area contributed by atoms with Crippen molar-refractivity contribution in [3.63, 3.8) is 0 Å². The van der Waals surface area contributed by atoms with Crippen LogP contribution in [0.25, 0.3) is 11.3 Å². The van der Waals surface area contributed by atoms with Gasteiger partial charge in [0, 0.05) is 17.5 Å². The third kappa shape index (κ3) is 4.85. The van der Waals surface area contributed by atoms with Crippen molar-refractivity contribution in [2.24, 2.45) is 0 Å². The lowest BCUT2D eigenvalue weighted by Crippen LogP contribution is -2.42. The second-order valence-corrected chi connectivity index (χ2v) is 9.22. The van der Waals surface area contributed by atoms with Gasteiger partial charge in [0.25, 0.3) is 0 Å². The molecule has 2 heterocycles. The summed E-state index contributed by atoms with van der Waals surface area (Å²) in [6.07, 6.45) is 3.29. The van der Waals surface area contributed by atoms with Crippen LogP contribution in [0.15, 0.2) is 29.6 Å². The van der Waals surface area contributed by atoms with Crippen molar-refractivity contribution >= 4 is 32.4 Å². The number of hydrogen-bond acceptors (Lipinski definition) is 6. The van der Waals surface area contributed by atoms with Crippen molar-refractivity contribution in [2.75, 3.05) is 24.7 Å². The molecule has 1 aliphatic rings. The average molecular weight is 410 g/mol. The minimum Gasteiger partial charge on any atom is -0.494 e. The lowest BCUT2D eigenvalue weighted by molar-refractivity contribution is -0.119. The van der Waals surface area contributed by atoms with E-state index in [1.54, 1.807) is 0 Å². The molecule has 7 nitrogen and oxygen atoms in total. The zero-order chi connectivity index (χ0) is 19.4. The minimum absolute atomic E-state index is 0.331. The second kappa shape index (κ2) is 8.37. The van der Waals surface area contributed by atoms with Crippen molar-refractivity contribution in [2.45, 2.75) is 32.2 Å². The van der Waals surface area contributed by atoms with E-state index in [1.807, 2.05) is 29.6 Å². The molecule has 1 unspecified atom stereocenters. The van der Waals surface area contributed by atoms with E-state index in [0.717, 1.165) is 29.7 Å². The summed E-state index contributed by atoms with van der Waals surface area (Å²) in [6.45, 7) is 3.12. The van der Waals surface area contributed by atoms with Gasteiger partial charge in [0.1, 0.15) is 11.8 Å². The van der Waals surface area contributed by atoms with Gasteiger partial charge in [-0.3, -0.25) is 4.79 Å². The molecule has 27 heavy (non-hydrogen) atoms. The molecular weight excluding hydrogens is 386 g/mol. The maximum absolute atomic E-state index is 12.5. The van der Waals surface area contributed by atoms with E-state index in [0.29, 0.717) is 31.1 Å². The van der Waals surface area contributed by atoms with Gasteiger partial charge in [-0.25, -0.2) is 13.4 Å². The molecule has 1 aromatic heterocycles. The van der Waals surface area contributed by atoms with Gasteiger partial charge in [-0.2, -0.15) is 4.31 Å². The largest absolute Gasteiger partial charge is 0.494 e. The Hall–Kier alpha value is -1.97. The van der Waals surface area contributed by atoms with Gasteiger partial charge in [-0.1, -0.05) is 6.92 Å². The van der Waals surface area contributed by atoms with Crippen molar-refractivity contribution < 1.29 is 17.9 Å². The first kappa shape index (κ1) is 19.8. The van der Waals surface area contributed by atoms with Crippen LogP contribution in [-0.4, -0.2) is 49.1 Å². The van der Waals surface area contributed by atoms with Crippen LogP contribution in [0.3, 0.4) is 0 Å². The fraction of sp³-hybridized carbons (Fsp3) is 0.444. The third-order valence-electron chi connectivity index (χ3n) is 4.29. The standard InChI is InChI=1S/C18H23N3O4S2/c1-3-11-25-14-8-6-13(7-9-14)15-12-26-18(19-15)20-17(22)16-5-4-10-21(16)27(2,23)24/h6-9,12,16H,3-5,10-11H2,1-2H3,(H,19,20,22). The summed E-state index contributed by atoms with van der Waals surface area (Å²) in [6, 6.07) is 6.97. The van der Waals surface area contributed by atoms with Crippen LogP contribution < -0.4 is 10.1 Å². The van der Waals surface area contributed by atoms with Crippen molar-refractivity contribution in [1.82, 2.24) is 9.29 Å². The number of hydrogen-bond donors (Lipinski definition) is 1. The molecule has 0 saturated carbocycles. The Labute approximate surface area is 163 Å². The van der Waals surface area contributed by atoms with Crippen LogP contribution in [0.5, 0.6) is 5.75 Å². The molecule has 146 valence electrons. The molecule has 2 aromatic rings. The normalized spacial score (nSPS) is 17.8. The molecule has 1 aromatic carbocycles. The zero-order valence-corrected chi connectivity index (χ0v) is 17.0. The number of anilines is 1. The van der Waals surface area contributed by atoms with E-state index < -0.39 is 16.1 Å². The van der Waals surface area contributed by atoms with Gasteiger partial charge in [0.05, 0.1) is 18.6 Å². The first-order chi connectivity index (χ1) is 12.9. The maximum atomic E-state index is 12.5. The van der Waals surface area contributed by atoms with Gasteiger partial charge >= 0.3 is 0 Å². The molecule has 9 heteroatoms. The predicted molar refractivity (Wildman–Crippen MR) is 107 cm³/mol. The summed E-state index contributed by atoms with van der Waals surface area (Å²) in [5, 5.41) is 5.07. The summed E-state index contributed by atoms with van der Waals surface area (Å²) in [4.78, 5) is 16.9. The Balaban J connectivity index is 1.66. The monoisotopic (exact) mass is 409 g/mol. The fourth-order valence-electron chi connectivity index (χ4n) is 2.99. The molecule has 3 rings (SSSR count). The van der Waals surface area contributed by atoms with Gasteiger partial charge in [-0.15, -0.1) is 11.3 Å². The number of aromatic nitrogens is 1. The molecule has 1 amide bonds. The first-order valence-corrected chi connectivity index (χ1v) is 11.6. The Morgan fingerprint density at radius 2 is 2.11 bits per heavy atom. The number of nitrogens with one attached hydrogen (secondary N) is 1. The highest BCUT2D eigenvalue weighted by Gasteiger charge is 2.36. The number of amides is 1. The summed E-state index contributed by atoms with van der Waals surface area (Å²) in [5.74, 6) is 0.480. The van der Waals surface area contributed by atoms with Gasteiger partial charge in [-0.05, 0) is 43.5 Å². The third-order valence-corrected chi connectivity index (χ3v) is 6.34. The molecule has 0 aliphatic carbocycles. The molecule has 0 spiro atoms. The molecule has 1 aliphatic heterocycles. The van der Waals surface area contributed by atoms with E-state index in [4.69, 9.17) is 4.74 Å². The van der Waals surface area contributed by atoms with Crippen LogP contribution in [0.4, 0.5) is 5.13 Å². The molecule has 1 saturated heterocycles. The predicted octanol–water partition coefficient (Wildman–Crippen LogP) is 2.96. The van der Waals surface area contributed by atoms with Crippen molar-refractivity contribution in [1.29, 1.82) is 0 Å². The van der Waals surface area contributed by atoms with Crippen LogP contribution in [0.2, 0.25) is 0 Å². The van der Waals surface area contributed by atoms with Crippen LogP contribution in [0, 0.1) is 0 Å². The number of carbonyl (C=O) groups excluding carboxylic acids is 1. The smallest absolute Gasteiger partial charge is 0.244 e. The molecule has 1 N–H and O–H groups in total. The minimum atomic E-state index is -3.39. The van der Waals surface area contributed by atoms with Gasteiger partial charge < -0.3 is 10.1 Å². The van der Waals surface area contributed by atoms with Gasteiger partial charge in [0.2, 0.25) is 15.9 Å². The fourth-order valence-corrected chi connectivity index (χ4v) is 4.84. The van der Waals surface area contributed by atoms with Crippen molar-refractivity contribution in [3.8, 4) is 17.0 Å². The molecule has 1 fully saturated rings. The van der Waals surface area contributed by atoms with E-state index in [2.05, 4.69) is 17.2 Å². The highest BCUT2D eigenvalue weighted by Crippen LogP contribution is 2.28. The zero-order valence-electron chi connectivity index (χ0n) is 15.3. The SMILES string of the molecule is CCCOc1ccc(-c2csc(NC(=O)C3CCCN3S(C)(=O)=O)n2)cc1. The number of sulfonamides is 1. The van der Waals surface area contributed by atoms with E-state index in [9.17, 15) is 13.2 Å². The number of nitrogens with zero attached hydrogens (tertiary/aromatic N) is 2. The summed E-state index contributed by atoms with van der Waals surface area (Å²) < 4.78 is 30.4. The number of thiazole rings is 1. The van der Waals surface area contributed by atoms with Crippen LogP contribution >= 0.6 is 11.3 Å². The molecule has 1 atom stereocenters. The number of carbonyl (C=O) groups is 1. The molecule has 0 bridgehead atoms. The number of ether oxygens (including phenoxy) is 1. The Bertz CT molecular complexity index is 894. The average Bonchev–Trinajstić information content (AvgIpc) is 3.29. The molecular formula is C18H23N3O4S2. The Morgan fingerprint density at radius 3 is 2.78 bits per heavy atom. The number of benzene rings is 1. The summed E-state index contributed by atoms with van der Waals surface area (Å²) >= 11 is 1.32. The van der Waals surface area contributed by atoms with Gasteiger partial charge in [0.15, 0.2) is 5.13 Å². The number of rotatable bonds is 7. The Kier molecular flexibility index (Phi) is 6.13. The lowest BCUT2D eigenvalue weighted by Gasteiger charge is -2.20. The first-order valence-electron chi connectivity index (χ1n) is 8.85. The van der Waals surface area contributed by atoms with E-state index >= 15 is 0 Å². The highest BCUT2D eigenvalue weighted by molar-refractivity contribution is 7.88. The van der Waals surface area contributed by atoms with Crippen molar-refractivity contribution in [3.05, 3.63) is 29.6 Å². The topological polar surface area (TPSA) is 88.6 Å². The second-order valence-electron chi connectivity index (χ2n) is 6.43. The highest BCUT2D eigenvalue weighted by atomic mass is 32.2. The maximum Gasteiger partial charge on any atom is 0.244 e. The Morgan fingerprint density at radius 1 is 1.37 bits per heavy atom. The quantitative estimate of drug-likeness (QED) is 0.759. The molecule has 0 radical (unpaired) electrons. The van der Waals surface area contributed by atoms with E-state index in [-0.39, 0.29) is 5.91 Å². The summed E-state index contributed by atoms with van der Waals surface area (Å²) in [7, 11) is -3.39. The van der Waals surface area contributed by atoms with Crippen LogP contribution in [0.1, 0.15) is 26.2 Å².